The van der Waals surface area contributed by atoms with Crippen molar-refractivity contribution in [3.05, 3.63) is 35.4 Å². The highest BCUT2D eigenvalue weighted by molar-refractivity contribution is 5.95. The largest absolute Gasteiger partial charge is 0.504 e. The van der Waals surface area contributed by atoms with E-state index in [1.54, 1.807) is 7.11 Å². The lowest BCUT2D eigenvalue weighted by Gasteiger charge is -2.23. The lowest BCUT2D eigenvalue weighted by atomic mass is 9.82. The van der Waals surface area contributed by atoms with Crippen molar-refractivity contribution < 1.29 is 19.7 Å². The highest BCUT2D eigenvalue weighted by atomic mass is 16.5. The zero-order valence-electron chi connectivity index (χ0n) is 14.9. The van der Waals surface area contributed by atoms with Gasteiger partial charge >= 0.3 is 5.97 Å². The van der Waals surface area contributed by atoms with Gasteiger partial charge in [-0.05, 0) is 47.8 Å². The van der Waals surface area contributed by atoms with Gasteiger partial charge in [0, 0.05) is 11.8 Å². The molecule has 0 aliphatic heterocycles. The van der Waals surface area contributed by atoms with Crippen molar-refractivity contribution in [2.45, 2.75) is 45.4 Å². The van der Waals surface area contributed by atoms with Gasteiger partial charge in [0.05, 0.1) is 7.11 Å². The van der Waals surface area contributed by atoms with E-state index >= 15 is 0 Å². The molecule has 2 aromatic carbocycles. The average molecular weight is 342 g/mol. The van der Waals surface area contributed by atoms with Crippen LogP contribution in [0.1, 0.15) is 43.2 Å². The molecule has 0 aromatic heterocycles. The Morgan fingerprint density at radius 2 is 2.04 bits per heavy atom. The summed E-state index contributed by atoms with van der Waals surface area (Å²) < 4.78 is 5.37. The Hall–Kier alpha value is -2.23. The third-order valence-corrected chi connectivity index (χ3v) is 5.60. The number of phenolic OH excluding ortho intramolecular Hbond substituents is 1. The highest BCUT2D eigenvalue weighted by Gasteiger charge is 2.28. The smallest absolute Gasteiger partial charge is 0.303 e. The first-order chi connectivity index (χ1) is 12.0. The molecule has 0 spiro atoms. The molecule has 4 nitrogen and oxygen atoms in total. The van der Waals surface area contributed by atoms with Crippen molar-refractivity contribution in [3.63, 3.8) is 0 Å². The Kier molecular flexibility index (Phi) is 5.16. The maximum Gasteiger partial charge on any atom is 0.303 e. The van der Waals surface area contributed by atoms with Crippen LogP contribution in [0.3, 0.4) is 0 Å². The SMILES string of the molecule is COc1cc(CC(CC(=O)O)C2CCCC2)c2cccc(C)c2c1O. The summed E-state index contributed by atoms with van der Waals surface area (Å²) in [5.41, 5.74) is 2.05. The number of carboxylic acids is 1. The van der Waals surface area contributed by atoms with E-state index in [1.165, 1.54) is 12.8 Å². The monoisotopic (exact) mass is 342 g/mol. The van der Waals surface area contributed by atoms with Gasteiger partial charge in [-0.15, -0.1) is 0 Å². The van der Waals surface area contributed by atoms with Crippen LogP contribution >= 0.6 is 0 Å². The highest BCUT2D eigenvalue weighted by Crippen LogP contribution is 2.41. The summed E-state index contributed by atoms with van der Waals surface area (Å²) in [6, 6.07) is 7.83. The van der Waals surface area contributed by atoms with Crippen LogP contribution in [0.4, 0.5) is 0 Å². The number of hydrogen-bond acceptors (Lipinski definition) is 3. The molecule has 134 valence electrons. The van der Waals surface area contributed by atoms with E-state index in [9.17, 15) is 15.0 Å². The number of fused-ring (bicyclic) bond motifs is 1. The van der Waals surface area contributed by atoms with Crippen molar-refractivity contribution in [3.8, 4) is 11.5 Å². The Bertz CT molecular complexity index is 775. The molecule has 25 heavy (non-hydrogen) atoms. The summed E-state index contributed by atoms with van der Waals surface area (Å²) in [5, 5.41) is 21.7. The fourth-order valence-electron chi connectivity index (χ4n) is 4.34. The van der Waals surface area contributed by atoms with Gasteiger partial charge < -0.3 is 14.9 Å². The van der Waals surface area contributed by atoms with Crippen molar-refractivity contribution in [2.75, 3.05) is 7.11 Å². The Balaban J connectivity index is 2.05. The maximum absolute atomic E-state index is 11.4. The second kappa shape index (κ2) is 7.34. The minimum absolute atomic E-state index is 0.123. The second-order valence-corrected chi connectivity index (χ2v) is 7.19. The number of carbonyl (C=O) groups is 1. The van der Waals surface area contributed by atoms with Crippen LogP contribution in [-0.4, -0.2) is 23.3 Å². The Labute approximate surface area is 148 Å². The molecule has 0 amide bonds. The van der Waals surface area contributed by atoms with E-state index < -0.39 is 5.97 Å². The quantitative estimate of drug-likeness (QED) is 0.799. The molecule has 2 N–H and O–H groups in total. The number of aliphatic carboxylic acids is 1. The summed E-state index contributed by atoms with van der Waals surface area (Å²) in [6.45, 7) is 1.97. The molecule has 1 fully saturated rings. The maximum atomic E-state index is 11.4. The molecule has 2 aromatic rings. The third-order valence-electron chi connectivity index (χ3n) is 5.60. The van der Waals surface area contributed by atoms with Gasteiger partial charge in [-0.2, -0.15) is 0 Å². The normalized spacial score (nSPS) is 16.2. The Morgan fingerprint density at radius 1 is 1.32 bits per heavy atom. The van der Waals surface area contributed by atoms with Gasteiger partial charge in [-0.1, -0.05) is 43.9 Å². The third kappa shape index (κ3) is 3.58. The molecule has 1 unspecified atom stereocenters. The summed E-state index contributed by atoms with van der Waals surface area (Å²) in [7, 11) is 1.55. The zero-order valence-corrected chi connectivity index (χ0v) is 14.9. The number of carboxylic acid groups (broad SMARTS) is 1. The first kappa shape index (κ1) is 17.6. The first-order valence-electron chi connectivity index (χ1n) is 9.01. The van der Waals surface area contributed by atoms with Gasteiger partial charge in [-0.3, -0.25) is 4.79 Å². The molecule has 0 radical (unpaired) electrons. The molecule has 4 heteroatoms. The predicted molar refractivity (Wildman–Crippen MR) is 98.3 cm³/mol. The summed E-state index contributed by atoms with van der Waals surface area (Å²) >= 11 is 0. The number of benzene rings is 2. The van der Waals surface area contributed by atoms with Gasteiger partial charge in [-0.25, -0.2) is 0 Å². The molecule has 0 saturated heterocycles. The molecular weight excluding hydrogens is 316 g/mol. The van der Waals surface area contributed by atoms with Gasteiger partial charge in [0.15, 0.2) is 11.5 Å². The van der Waals surface area contributed by atoms with Gasteiger partial charge in [0.2, 0.25) is 0 Å². The number of rotatable bonds is 6. The molecular formula is C21H26O4. The van der Waals surface area contributed by atoms with E-state index in [0.717, 1.165) is 34.7 Å². The zero-order chi connectivity index (χ0) is 18.0. The second-order valence-electron chi connectivity index (χ2n) is 7.19. The summed E-state index contributed by atoms with van der Waals surface area (Å²) in [4.78, 5) is 11.4. The van der Waals surface area contributed by atoms with Crippen molar-refractivity contribution >= 4 is 16.7 Å². The van der Waals surface area contributed by atoms with E-state index in [2.05, 4.69) is 0 Å². The molecule has 1 atom stereocenters. The van der Waals surface area contributed by atoms with Crippen LogP contribution in [0.25, 0.3) is 10.8 Å². The van der Waals surface area contributed by atoms with E-state index in [4.69, 9.17) is 4.74 Å². The average Bonchev–Trinajstić information content (AvgIpc) is 3.10. The lowest BCUT2D eigenvalue weighted by molar-refractivity contribution is -0.138. The molecule has 0 heterocycles. The van der Waals surface area contributed by atoms with E-state index in [-0.39, 0.29) is 18.1 Å². The van der Waals surface area contributed by atoms with Crippen molar-refractivity contribution in [2.24, 2.45) is 11.8 Å². The van der Waals surface area contributed by atoms with Crippen LogP contribution < -0.4 is 4.74 Å². The number of aromatic hydroxyl groups is 1. The van der Waals surface area contributed by atoms with Crippen LogP contribution in [0.15, 0.2) is 24.3 Å². The molecule has 1 saturated carbocycles. The predicted octanol–water partition coefficient (Wildman–Crippen LogP) is 4.69. The fraction of sp³-hybridized carbons (Fsp3) is 0.476. The van der Waals surface area contributed by atoms with Crippen LogP contribution in [-0.2, 0) is 11.2 Å². The molecule has 0 bridgehead atoms. The standard InChI is InChI=1S/C21H26O4/c1-13-6-5-9-17-16(11-18(25-2)21(24)20(13)17)10-15(12-19(22)23)14-7-3-4-8-14/h5-6,9,11,14-15,24H,3-4,7-8,10,12H2,1-2H3,(H,22,23). The van der Waals surface area contributed by atoms with Crippen molar-refractivity contribution in [1.82, 2.24) is 0 Å². The molecule has 1 aliphatic rings. The summed E-state index contributed by atoms with van der Waals surface area (Å²) in [6.07, 6.45) is 5.52. The lowest BCUT2D eigenvalue weighted by Crippen LogP contribution is -2.19. The number of ether oxygens (including phenoxy) is 1. The number of aryl methyl sites for hydroxylation is 1. The number of hydrogen-bond donors (Lipinski definition) is 2. The van der Waals surface area contributed by atoms with Crippen LogP contribution in [0.2, 0.25) is 0 Å². The van der Waals surface area contributed by atoms with Gasteiger partial charge in [0.25, 0.3) is 0 Å². The van der Waals surface area contributed by atoms with E-state index in [1.807, 2.05) is 31.2 Å². The summed E-state index contributed by atoms with van der Waals surface area (Å²) in [5.74, 6) is 0.476. The van der Waals surface area contributed by atoms with Gasteiger partial charge in [0.1, 0.15) is 0 Å². The van der Waals surface area contributed by atoms with E-state index in [0.29, 0.717) is 18.1 Å². The minimum Gasteiger partial charge on any atom is -0.504 e. The topological polar surface area (TPSA) is 66.8 Å². The van der Waals surface area contributed by atoms with Crippen LogP contribution in [0, 0.1) is 18.8 Å². The number of methoxy groups -OCH3 is 1. The van der Waals surface area contributed by atoms with Crippen molar-refractivity contribution in [1.29, 1.82) is 0 Å². The molecule has 1 aliphatic carbocycles. The minimum atomic E-state index is -0.733. The first-order valence-corrected chi connectivity index (χ1v) is 9.01. The Morgan fingerprint density at radius 3 is 2.68 bits per heavy atom. The van der Waals surface area contributed by atoms with Crippen LogP contribution in [0.5, 0.6) is 11.5 Å². The molecule has 3 rings (SSSR count). The fourth-order valence-corrected chi connectivity index (χ4v) is 4.34. The number of phenols is 1.